The summed E-state index contributed by atoms with van der Waals surface area (Å²) in [5.74, 6) is 1.87. The van der Waals surface area contributed by atoms with E-state index in [4.69, 9.17) is 4.42 Å². The van der Waals surface area contributed by atoms with Crippen molar-refractivity contribution in [2.75, 3.05) is 13.1 Å². The van der Waals surface area contributed by atoms with Crippen LogP contribution in [0, 0.1) is 5.92 Å². The molecule has 2 atom stereocenters. The number of hydrogen-bond donors (Lipinski definition) is 1. The zero-order chi connectivity index (χ0) is 16.7. The van der Waals surface area contributed by atoms with Gasteiger partial charge in [0.1, 0.15) is 0 Å². The van der Waals surface area contributed by atoms with Gasteiger partial charge in [-0.1, -0.05) is 20.3 Å². The number of aromatic nitrogens is 4. The van der Waals surface area contributed by atoms with Gasteiger partial charge in [-0.05, 0) is 25.2 Å². The molecule has 1 N–H and O–H groups in total. The van der Waals surface area contributed by atoms with Crippen molar-refractivity contribution in [3.05, 3.63) is 29.2 Å². The molecule has 4 rings (SSSR count). The number of nitrogens with zero attached hydrogens (tertiary/aromatic N) is 4. The molecule has 7 nitrogen and oxygen atoms in total. The van der Waals surface area contributed by atoms with Crippen molar-refractivity contribution in [2.45, 2.75) is 51.4 Å². The van der Waals surface area contributed by atoms with E-state index in [-0.39, 0.29) is 11.3 Å². The van der Waals surface area contributed by atoms with E-state index >= 15 is 0 Å². The summed E-state index contributed by atoms with van der Waals surface area (Å²) in [5.41, 5.74) is 1.43. The van der Waals surface area contributed by atoms with Crippen molar-refractivity contribution >= 4 is 5.91 Å². The lowest BCUT2D eigenvalue weighted by Crippen LogP contribution is -2.35. The molecule has 2 aliphatic rings. The van der Waals surface area contributed by atoms with Crippen LogP contribution in [-0.4, -0.2) is 44.3 Å². The molecule has 7 heteroatoms. The zero-order valence-electron chi connectivity index (χ0n) is 14.2. The largest absolute Gasteiger partial charge is 0.425 e. The highest BCUT2D eigenvalue weighted by molar-refractivity contribution is 5.95. The van der Waals surface area contributed by atoms with Crippen LogP contribution in [-0.2, 0) is 18.3 Å². The second-order valence-electron chi connectivity index (χ2n) is 6.90. The third-order valence-electron chi connectivity index (χ3n) is 5.66. The minimum atomic E-state index is -0.161. The Morgan fingerprint density at radius 2 is 2.29 bits per heavy atom. The number of nitrogens with one attached hydrogen (secondary N) is 1. The normalized spacial score (nSPS) is 26.1. The van der Waals surface area contributed by atoms with Crippen LogP contribution >= 0.6 is 0 Å². The standard InChI is InChI=1S/C17H23N5O2/c1-3-13-12(8-18-19-13)15(23)22-9-11-6-5-7-17(11,10-22)16-21-20-14(4-2)24-16/h8,11H,3-7,9-10H2,1-2H3,(H,18,19)/t11-,17-/m0/s1. The minimum Gasteiger partial charge on any atom is -0.425 e. The van der Waals surface area contributed by atoms with Gasteiger partial charge in [0.15, 0.2) is 0 Å². The summed E-state index contributed by atoms with van der Waals surface area (Å²) in [7, 11) is 0. The molecular formula is C17H23N5O2. The molecule has 1 saturated carbocycles. The molecule has 2 fully saturated rings. The first kappa shape index (κ1) is 15.4. The fourth-order valence-corrected chi connectivity index (χ4v) is 4.33. The van der Waals surface area contributed by atoms with Crippen LogP contribution in [0.15, 0.2) is 10.6 Å². The van der Waals surface area contributed by atoms with E-state index in [2.05, 4.69) is 20.4 Å². The van der Waals surface area contributed by atoms with E-state index in [0.29, 0.717) is 23.9 Å². The van der Waals surface area contributed by atoms with Crippen molar-refractivity contribution < 1.29 is 9.21 Å². The second-order valence-corrected chi connectivity index (χ2v) is 6.90. The quantitative estimate of drug-likeness (QED) is 0.928. The van der Waals surface area contributed by atoms with Gasteiger partial charge in [0.2, 0.25) is 11.8 Å². The van der Waals surface area contributed by atoms with E-state index in [1.807, 2.05) is 18.7 Å². The number of hydrogen-bond acceptors (Lipinski definition) is 5. The van der Waals surface area contributed by atoms with Gasteiger partial charge in [0.25, 0.3) is 5.91 Å². The Labute approximate surface area is 140 Å². The summed E-state index contributed by atoms with van der Waals surface area (Å²) in [6.07, 6.45) is 6.43. The molecule has 0 radical (unpaired) electrons. The lowest BCUT2D eigenvalue weighted by molar-refractivity contribution is 0.0774. The summed E-state index contributed by atoms with van der Waals surface area (Å²) in [6, 6.07) is 0. The van der Waals surface area contributed by atoms with Crippen LogP contribution in [0.3, 0.4) is 0 Å². The highest BCUT2D eigenvalue weighted by atomic mass is 16.4. The Balaban J connectivity index is 1.62. The van der Waals surface area contributed by atoms with Crippen LogP contribution in [0.4, 0.5) is 0 Å². The van der Waals surface area contributed by atoms with E-state index in [1.165, 1.54) is 0 Å². The fraction of sp³-hybridized carbons (Fsp3) is 0.647. The van der Waals surface area contributed by atoms with Crippen molar-refractivity contribution in [3.8, 4) is 0 Å². The molecule has 24 heavy (non-hydrogen) atoms. The Morgan fingerprint density at radius 3 is 3.04 bits per heavy atom. The Kier molecular flexibility index (Phi) is 3.66. The smallest absolute Gasteiger partial charge is 0.257 e. The molecule has 0 aromatic carbocycles. The van der Waals surface area contributed by atoms with E-state index in [9.17, 15) is 4.79 Å². The molecule has 1 amide bonds. The number of H-pyrrole nitrogens is 1. The van der Waals surface area contributed by atoms with E-state index < -0.39 is 0 Å². The minimum absolute atomic E-state index is 0.0598. The Hall–Kier alpha value is -2.18. The van der Waals surface area contributed by atoms with Crippen molar-refractivity contribution in [2.24, 2.45) is 5.92 Å². The lowest BCUT2D eigenvalue weighted by atomic mass is 9.80. The number of fused-ring (bicyclic) bond motifs is 1. The Bertz CT molecular complexity index is 752. The monoisotopic (exact) mass is 329 g/mol. The molecule has 0 bridgehead atoms. The first-order valence-electron chi connectivity index (χ1n) is 8.82. The topological polar surface area (TPSA) is 87.9 Å². The number of carbonyl (C=O) groups excluding carboxylic acids is 1. The maximum atomic E-state index is 13.0. The van der Waals surface area contributed by atoms with Crippen LogP contribution < -0.4 is 0 Å². The Morgan fingerprint density at radius 1 is 1.42 bits per heavy atom. The third kappa shape index (κ3) is 2.17. The molecule has 128 valence electrons. The number of rotatable bonds is 4. The fourth-order valence-electron chi connectivity index (χ4n) is 4.33. The maximum absolute atomic E-state index is 13.0. The summed E-state index contributed by atoms with van der Waals surface area (Å²) in [6.45, 7) is 5.46. The van der Waals surface area contributed by atoms with Gasteiger partial charge in [0, 0.05) is 25.2 Å². The molecule has 0 spiro atoms. The SMILES string of the molecule is CCc1nnc([C@]23CCC[C@H]2CN(C(=O)c2cn[nH]c2CC)C3)o1. The number of likely N-dealkylation sites (tertiary alicyclic amines) is 1. The van der Waals surface area contributed by atoms with Gasteiger partial charge < -0.3 is 9.32 Å². The van der Waals surface area contributed by atoms with Crippen molar-refractivity contribution in [3.63, 3.8) is 0 Å². The lowest BCUT2D eigenvalue weighted by Gasteiger charge is -2.24. The summed E-state index contributed by atoms with van der Waals surface area (Å²) >= 11 is 0. The molecule has 2 aromatic rings. The van der Waals surface area contributed by atoms with Gasteiger partial charge in [-0.25, -0.2) is 0 Å². The molecular weight excluding hydrogens is 306 g/mol. The number of aryl methyl sites for hydroxylation is 2. The van der Waals surface area contributed by atoms with Crippen LogP contribution in [0.2, 0.25) is 0 Å². The van der Waals surface area contributed by atoms with Gasteiger partial charge >= 0.3 is 0 Å². The second kappa shape index (κ2) is 5.72. The highest BCUT2D eigenvalue weighted by Gasteiger charge is 2.55. The average molecular weight is 329 g/mol. The predicted molar refractivity (Wildman–Crippen MR) is 86.6 cm³/mol. The van der Waals surface area contributed by atoms with E-state index in [1.54, 1.807) is 6.20 Å². The highest BCUT2D eigenvalue weighted by Crippen LogP contribution is 2.50. The van der Waals surface area contributed by atoms with Crippen molar-refractivity contribution in [1.82, 2.24) is 25.3 Å². The molecule has 3 heterocycles. The molecule has 1 aliphatic carbocycles. The number of carbonyl (C=O) groups is 1. The first-order chi connectivity index (χ1) is 11.7. The van der Waals surface area contributed by atoms with Crippen LogP contribution in [0.1, 0.15) is 60.9 Å². The molecule has 1 saturated heterocycles. The maximum Gasteiger partial charge on any atom is 0.257 e. The predicted octanol–water partition coefficient (Wildman–Crippen LogP) is 2.11. The van der Waals surface area contributed by atoms with E-state index in [0.717, 1.165) is 50.2 Å². The molecule has 0 unspecified atom stereocenters. The summed E-state index contributed by atoms with van der Waals surface area (Å²) in [4.78, 5) is 14.9. The summed E-state index contributed by atoms with van der Waals surface area (Å²) in [5, 5.41) is 15.4. The zero-order valence-corrected chi connectivity index (χ0v) is 14.2. The average Bonchev–Trinajstić information content (AvgIpc) is 3.34. The van der Waals surface area contributed by atoms with Crippen LogP contribution in [0.25, 0.3) is 0 Å². The van der Waals surface area contributed by atoms with Crippen molar-refractivity contribution in [1.29, 1.82) is 0 Å². The summed E-state index contributed by atoms with van der Waals surface area (Å²) < 4.78 is 5.91. The molecule has 1 aliphatic heterocycles. The van der Waals surface area contributed by atoms with Crippen LogP contribution in [0.5, 0.6) is 0 Å². The number of amides is 1. The van der Waals surface area contributed by atoms with Gasteiger partial charge in [-0.3, -0.25) is 9.89 Å². The van der Waals surface area contributed by atoms with Gasteiger partial charge in [-0.2, -0.15) is 5.10 Å². The number of aromatic amines is 1. The first-order valence-corrected chi connectivity index (χ1v) is 8.82. The van der Waals surface area contributed by atoms with Gasteiger partial charge in [0.05, 0.1) is 17.2 Å². The third-order valence-corrected chi connectivity index (χ3v) is 5.66. The molecule has 2 aromatic heterocycles. The van der Waals surface area contributed by atoms with Gasteiger partial charge in [-0.15, -0.1) is 10.2 Å².